The largest absolute Gasteiger partial charge is 0.496 e. The van der Waals surface area contributed by atoms with Crippen molar-refractivity contribution in [3.05, 3.63) is 94.3 Å². The van der Waals surface area contributed by atoms with Gasteiger partial charge < -0.3 is 20.1 Å². The van der Waals surface area contributed by atoms with Crippen LogP contribution in [0.1, 0.15) is 42.2 Å². The summed E-state index contributed by atoms with van der Waals surface area (Å²) in [6.07, 6.45) is 0. The second-order valence-electron chi connectivity index (χ2n) is 7.17. The van der Waals surface area contributed by atoms with Crippen LogP contribution in [0.2, 0.25) is 0 Å². The Morgan fingerprint density at radius 1 is 0.909 bits per heavy atom. The van der Waals surface area contributed by atoms with E-state index >= 15 is 0 Å². The Bertz CT molecular complexity index is 1210. The Balaban J connectivity index is 1.73. The van der Waals surface area contributed by atoms with Crippen molar-refractivity contribution in [3.8, 4) is 5.75 Å². The number of esters is 1. The lowest BCUT2D eigenvalue weighted by Crippen LogP contribution is -2.23. The van der Waals surface area contributed by atoms with E-state index in [4.69, 9.17) is 9.47 Å². The van der Waals surface area contributed by atoms with Crippen LogP contribution >= 0.6 is 0 Å². The molecule has 0 saturated carbocycles. The van der Waals surface area contributed by atoms with Gasteiger partial charge in [-0.1, -0.05) is 24.3 Å². The summed E-state index contributed by atoms with van der Waals surface area (Å²) < 4.78 is 23.8. The molecule has 0 saturated heterocycles. The number of ether oxygens (including phenoxy) is 2. The fourth-order valence-electron chi connectivity index (χ4n) is 3.15. The summed E-state index contributed by atoms with van der Waals surface area (Å²) in [6.45, 7) is 1.92. The maximum absolute atomic E-state index is 13.9. The Morgan fingerprint density at radius 2 is 1.67 bits per heavy atom. The maximum atomic E-state index is 13.9. The molecule has 0 aromatic heterocycles. The van der Waals surface area contributed by atoms with Gasteiger partial charge in [-0.25, -0.2) is 9.18 Å². The number of anilines is 1. The van der Waals surface area contributed by atoms with Gasteiger partial charge in [-0.2, -0.15) is 0 Å². The van der Waals surface area contributed by atoms with Crippen molar-refractivity contribution < 1.29 is 28.2 Å². The van der Waals surface area contributed by atoms with Crippen LogP contribution in [-0.4, -0.2) is 32.0 Å². The second-order valence-corrected chi connectivity index (χ2v) is 7.17. The zero-order valence-corrected chi connectivity index (χ0v) is 18.4. The van der Waals surface area contributed by atoms with Crippen LogP contribution in [0.4, 0.5) is 10.1 Å². The molecule has 8 heteroatoms. The van der Waals surface area contributed by atoms with Crippen molar-refractivity contribution in [2.24, 2.45) is 0 Å². The summed E-state index contributed by atoms with van der Waals surface area (Å²) in [5.41, 5.74) is 2.26. The normalized spacial score (nSPS) is 10.3. The molecule has 3 rings (SSSR count). The van der Waals surface area contributed by atoms with E-state index in [1.807, 2.05) is 0 Å². The number of aryl methyl sites for hydroxylation is 1. The average Bonchev–Trinajstić information content (AvgIpc) is 2.83. The molecule has 2 N–H and O–H groups in total. The first-order chi connectivity index (χ1) is 15.8. The minimum atomic E-state index is -0.632. The highest BCUT2D eigenvalue weighted by Crippen LogP contribution is 2.22. The molecule has 0 aliphatic carbocycles. The lowest BCUT2D eigenvalue weighted by atomic mass is 10.1. The van der Waals surface area contributed by atoms with Gasteiger partial charge in [0.15, 0.2) is 0 Å². The van der Waals surface area contributed by atoms with Crippen molar-refractivity contribution in [2.45, 2.75) is 13.5 Å². The molecule has 0 spiro atoms. The van der Waals surface area contributed by atoms with Gasteiger partial charge in [0.1, 0.15) is 17.1 Å². The zero-order valence-electron chi connectivity index (χ0n) is 18.4. The van der Waals surface area contributed by atoms with Crippen LogP contribution in [0.3, 0.4) is 0 Å². The van der Waals surface area contributed by atoms with E-state index in [-0.39, 0.29) is 23.6 Å². The first-order valence-electron chi connectivity index (χ1n) is 10.0. The van der Waals surface area contributed by atoms with Gasteiger partial charge in [-0.3, -0.25) is 9.59 Å². The quantitative estimate of drug-likeness (QED) is 0.529. The highest BCUT2D eigenvalue weighted by molar-refractivity contribution is 6.05. The monoisotopic (exact) mass is 450 g/mol. The maximum Gasteiger partial charge on any atom is 0.341 e. The van der Waals surface area contributed by atoms with Gasteiger partial charge in [0.05, 0.1) is 19.8 Å². The molecule has 0 radical (unpaired) electrons. The molecule has 3 aromatic carbocycles. The second kappa shape index (κ2) is 10.4. The van der Waals surface area contributed by atoms with E-state index in [1.165, 1.54) is 38.5 Å². The number of carbonyl (C=O) groups excluding carboxylic acids is 3. The molecule has 0 unspecified atom stereocenters. The summed E-state index contributed by atoms with van der Waals surface area (Å²) in [7, 11) is 2.72. The standard InChI is InChI=1S/C25H23FN2O5/c1-15-8-10-17(13-21(15)28-24(30)18-6-4-5-7-20(18)26)23(29)27-14-16-9-11-22(32-2)19(12-16)25(31)33-3/h4-13H,14H2,1-3H3,(H,27,29)(H,28,30). The number of rotatable bonds is 7. The molecule has 0 aliphatic heterocycles. The van der Waals surface area contributed by atoms with E-state index < -0.39 is 17.7 Å². The highest BCUT2D eigenvalue weighted by Gasteiger charge is 2.16. The number of halogens is 1. The summed E-state index contributed by atoms with van der Waals surface area (Å²) in [4.78, 5) is 37.1. The molecule has 0 atom stereocenters. The zero-order chi connectivity index (χ0) is 24.0. The summed E-state index contributed by atoms with van der Waals surface area (Å²) in [6, 6.07) is 15.4. The van der Waals surface area contributed by atoms with E-state index in [9.17, 15) is 18.8 Å². The minimum absolute atomic E-state index is 0.0901. The van der Waals surface area contributed by atoms with Crippen molar-refractivity contribution >= 4 is 23.5 Å². The smallest absolute Gasteiger partial charge is 0.341 e. The van der Waals surface area contributed by atoms with Gasteiger partial charge in [-0.05, 0) is 54.4 Å². The molecule has 2 amide bonds. The van der Waals surface area contributed by atoms with E-state index in [0.29, 0.717) is 28.1 Å². The summed E-state index contributed by atoms with van der Waals surface area (Å²) >= 11 is 0. The van der Waals surface area contributed by atoms with Crippen LogP contribution in [-0.2, 0) is 11.3 Å². The van der Waals surface area contributed by atoms with Crippen molar-refractivity contribution in [1.82, 2.24) is 5.32 Å². The fraction of sp³-hybridized carbons (Fsp3) is 0.160. The first kappa shape index (κ1) is 23.5. The molecular weight excluding hydrogens is 427 g/mol. The lowest BCUT2D eigenvalue weighted by molar-refractivity contribution is 0.0596. The van der Waals surface area contributed by atoms with Crippen molar-refractivity contribution in [3.63, 3.8) is 0 Å². The summed E-state index contributed by atoms with van der Waals surface area (Å²) in [5, 5.41) is 5.42. The number of methoxy groups -OCH3 is 2. The Hall–Kier alpha value is -4.20. The SMILES string of the molecule is COC(=O)c1cc(CNC(=O)c2ccc(C)c(NC(=O)c3ccccc3F)c2)ccc1OC. The fourth-order valence-corrected chi connectivity index (χ4v) is 3.15. The number of nitrogens with one attached hydrogen (secondary N) is 2. The predicted molar refractivity (Wildman–Crippen MR) is 121 cm³/mol. The Labute approximate surface area is 190 Å². The molecule has 0 heterocycles. The van der Waals surface area contributed by atoms with E-state index in [1.54, 1.807) is 43.3 Å². The van der Waals surface area contributed by atoms with Gasteiger partial charge in [0, 0.05) is 17.8 Å². The first-order valence-corrected chi connectivity index (χ1v) is 10.0. The molecule has 7 nitrogen and oxygen atoms in total. The van der Waals surface area contributed by atoms with Crippen LogP contribution in [0.15, 0.2) is 60.7 Å². The number of hydrogen-bond donors (Lipinski definition) is 2. The highest BCUT2D eigenvalue weighted by atomic mass is 19.1. The summed E-state index contributed by atoms with van der Waals surface area (Å²) in [5.74, 6) is -1.80. The van der Waals surface area contributed by atoms with Gasteiger partial charge in [0.2, 0.25) is 0 Å². The van der Waals surface area contributed by atoms with Crippen molar-refractivity contribution in [2.75, 3.05) is 19.5 Å². The Kier molecular flexibility index (Phi) is 7.40. The number of hydrogen-bond acceptors (Lipinski definition) is 5. The molecule has 0 bridgehead atoms. The van der Waals surface area contributed by atoms with Gasteiger partial charge in [-0.15, -0.1) is 0 Å². The average molecular weight is 450 g/mol. The Morgan fingerprint density at radius 3 is 2.36 bits per heavy atom. The van der Waals surface area contributed by atoms with Crippen LogP contribution < -0.4 is 15.4 Å². The van der Waals surface area contributed by atoms with Crippen LogP contribution in [0, 0.1) is 12.7 Å². The molecule has 170 valence electrons. The van der Waals surface area contributed by atoms with Gasteiger partial charge >= 0.3 is 5.97 Å². The van der Waals surface area contributed by atoms with Crippen molar-refractivity contribution in [1.29, 1.82) is 0 Å². The molecule has 0 fully saturated rings. The topological polar surface area (TPSA) is 93.7 Å². The number of benzene rings is 3. The third-order valence-electron chi connectivity index (χ3n) is 4.99. The van der Waals surface area contributed by atoms with Crippen LogP contribution in [0.5, 0.6) is 5.75 Å². The lowest BCUT2D eigenvalue weighted by Gasteiger charge is -2.12. The molecule has 33 heavy (non-hydrogen) atoms. The van der Waals surface area contributed by atoms with Gasteiger partial charge in [0.25, 0.3) is 11.8 Å². The molecular formula is C25H23FN2O5. The van der Waals surface area contributed by atoms with E-state index in [2.05, 4.69) is 10.6 Å². The molecule has 3 aromatic rings. The minimum Gasteiger partial charge on any atom is -0.496 e. The molecule has 0 aliphatic rings. The van der Waals surface area contributed by atoms with E-state index in [0.717, 1.165) is 0 Å². The number of amides is 2. The van der Waals surface area contributed by atoms with Crippen LogP contribution in [0.25, 0.3) is 0 Å². The predicted octanol–water partition coefficient (Wildman–Crippen LogP) is 4.11. The third-order valence-corrected chi connectivity index (χ3v) is 4.99. The number of carbonyl (C=O) groups is 3. The third kappa shape index (κ3) is 5.54.